The number of amides is 2. The third-order valence-electron chi connectivity index (χ3n) is 6.05. The third-order valence-corrected chi connectivity index (χ3v) is 6.05. The highest BCUT2D eigenvalue weighted by Gasteiger charge is 2.14. The SMILES string of the molecule is CN(C)CCCNC(=O)c1cc(NC(=O)CCCn2c3ccccc3c3ccccc32)cn1C. The van der Waals surface area contributed by atoms with E-state index in [9.17, 15) is 9.59 Å². The third kappa shape index (κ3) is 5.31. The summed E-state index contributed by atoms with van der Waals surface area (Å²) in [6.45, 7) is 2.30. The van der Waals surface area contributed by atoms with Gasteiger partial charge in [-0.25, -0.2) is 0 Å². The topological polar surface area (TPSA) is 71.3 Å². The van der Waals surface area contributed by atoms with Gasteiger partial charge in [0.15, 0.2) is 0 Å². The number of nitrogens with one attached hydrogen (secondary N) is 2. The quantitative estimate of drug-likeness (QED) is 0.349. The molecule has 0 aliphatic rings. The summed E-state index contributed by atoms with van der Waals surface area (Å²) >= 11 is 0. The Kier molecular flexibility index (Phi) is 7.33. The van der Waals surface area contributed by atoms with Crippen LogP contribution in [0.2, 0.25) is 0 Å². The van der Waals surface area contributed by atoms with Crippen molar-refractivity contribution in [1.82, 2.24) is 19.4 Å². The van der Waals surface area contributed by atoms with Crippen LogP contribution in [0, 0.1) is 0 Å². The molecule has 0 fully saturated rings. The van der Waals surface area contributed by atoms with Gasteiger partial charge >= 0.3 is 0 Å². The van der Waals surface area contributed by atoms with Gasteiger partial charge in [0.1, 0.15) is 5.69 Å². The number of carbonyl (C=O) groups excluding carboxylic acids is 2. The average molecular weight is 460 g/mol. The molecule has 2 aromatic carbocycles. The predicted octanol–water partition coefficient (Wildman–Crippen LogP) is 4.23. The fraction of sp³-hybridized carbons (Fsp3) is 0.333. The second kappa shape index (κ2) is 10.6. The van der Waals surface area contributed by atoms with Crippen LogP contribution >= 0.6 is 0 Å². The molecule has 7 heteroatoms. The molecule has 2 amide bonds. The molecule has 2 heterocycles. The van der Waals surface area contributed by atoms with E-state index in [0.29, 0.717) is 24.3 Å². The van der Waals surface area contributed by atoms with Crippen LogP contribution in [0.4, 0.5) is 5.69 Å². The molecule has 178 valence electrons. The van der Waals surface area contributed by atoms with Crippen LogP contribution < -0.4 is 10.6 Å². The lowest BCUT2D eigenvalue weighted by Gasteiger charge is -2.10. The molecular weight excluding hydrogens is 426 g/mol. The van der Waals surface area contributed by atoms with Gasteiger partial charge in [-0.15, -0.1) is 0 Å². The van der Waals surface area contributed by atoms with Gasteiger partial charge in [0.25, 0.3) is 5.91 Å². The van der Waals surface area contributed by atoms with Crippen LogP contribution in [-0.4, -0.2) is 53.0 Å². The molecule has 0 aliphatic carbocycles. The second-order valence-corrected chi connectivity index (χ2v) is 8.98. The summed E-state index contributed by atoms with van der Waals surface area (Å²) in [4.78, 5) is 27.2. The molecule has 2 aromatic heterocycles. The smallest absolute Gasteiger partial charge is 0.267 e. The van der Waals surface area contributed by atoms with Crippen LogP contribution in [0.1, 0.15) is 29.8 Å². The van der Waals surface area contributed by atoms with Gasteiger partial charge in [-0.3, -0.25) is 9.59 Å². The lowest BCUT2D eigenvalue weighted by molar-refractivity contribution is -0.116. The van der Waals surface area contributed by atoms with Crippen molar-refractivity contribution in [3.63, 3.8) is 0 Å². The summed E-state index contributed by atoms with van der Waals surface area (Å²) in [6, 6.07) is 18.5. The molecule has 0 bridgehead atoms. The van der Waals surface area contributed by atoms with Crippen molar-refractivity contribution >= 4 is 39.3 Å². The van der Waals surface area contributed by atoms with Gasteiger partial charge in [-0.05, 0) is 51.7 Å². The number of aromatic nitrogens is 2. The van der Waals surface area contributed by atoms with Crippen LogP contribution in [0.15, 0.2) is 60.8 Å². The van der Waals surface area contributed by atoms with Crippen molar-refractivity contribution in [3.8, 4) is 0 Å². The van der Waals surface area contributed by atoms with Gasteiger partial charge in [-0.2, -0.15) is 0 Å². The minimum Gasteiger partial charge on any atom is -0.351 e. The molecule has 0 aliphatic heterocycles. The number of carbonyl (C=O) groups is 2. The Morgan fingerprint density at radius 2 is 1.59 bits per heavy atom. The number of aryl methyl sites for hydroxylation is 2. The summed E-state index contributed by atoms with van der Waals surface area (Å²) in [5, 5.41) is 8.35. The van der Waals surface area contributed by atoms with Crippen molar-refractivity contribution < 1.29 is 9.59 Å². The van der Waals surface area contributed by atoms with Crippen molar-refractivity contribution in [1.29, 1.82) is 0 Å². The van der Waals surface area contributed by atoms with Crippen LogP contribution in [-0.2, 0) is 18.4 Å². The standard InChI is InChI=1S/C27H33N5O2/c1-30(2)16-9-15-28-27(34)25-18-20(19-31(25)3)29-26(33)14-8-17-32-23-12-6-4-10-21(23)22-11-5-7-13-24(22)32/h4-7,10-13,18-19H,8-9,14-17H2,1-3H3,(H,28,34)(H,29,33). The predicted molar refractivity (Wildman–Crippen MR) is 138 cm³/mol. The molecule has 34 heavy (non-hydrogen) atoms. The minimum atomic E-state index is -0.131. The Morgan fingerprint density at radius 1 is 0.941 bits per heavy atom. The molecule has 7 nitrogen and oxygen atoms in total. The second-order valence-electron chi connectivity index (χ2n) is 8.98. The minimum absolute atomic E-state index is 0.0516. The number of fused-ring (bicyclic) bond motifs is 3. The lowest BCUT2D eigenvalue weighted by atomic mass is 10.2. The van der Waals surface area contributed by atoms with E-state index in [1.165, 1.54) is 21.8 Å². The molecule has 4 rings (SSSR count). The highest BCUT2D eigenvalue weighted by atomic mass is 16.2. The fourth-order valence-corrected chi connectivity index (χ4v) is 4.41. The van der Waals surface area contributed by atoms with Gasteiger partial charge in [0, 0.05) is 54.6 Å². The molecule has 2 N–H and O–H groups in total. The fourth-order valence-electron chi connectivity index (χ4n) is 4.41. The van der Waals surface area contributed by atoms with E-state index >= 15 is 0 Å². The molecule has 4 aromatic rings. The average Bonchev–Trinajstić information content (AvgIpc) is 3.34. The van der Waals surface area contributed by atoms with Gasteiger partial charge in [-0.1, -0.05) is 36.4 Å². The largest absolute Gasteiger partial charge is 0.351 e. The number of hydrogen-bond donors (Lipinski definition) is 2. The Balaban J connectivity index is 1.33. The molecule has 0 radical (unpaired) electrons. The first-order valence-electron chi connectivity index (χ1n) is 11.8. The Hall–Kier alpha value is -3.58. The number of rotatable bonds is 10. The van der Waals surface area contributed by atoms with E-state index in [1.807, 2.05) is 21.1 Å². The first kappa shape index (κ1) is 23.6. The van der Waals surface area contributed by atoms with Crippen LogP contribution in [0.3, 0.4) is 0 Å². The van der Waals surface area contributed by atoms with Crippen molar-refractivity contribution in [2.75, 3.05) is 32.5 Å². The maximum Gasteiger partial charge on any atom is 0.267 e. The summed E-state index contributed by atoms with van der Waals surface area (Å²) in [6.07, 6.45) is 3.79. The van der Waals surface area contributed by atoms with Crippen molar-refractivity contribution in [3.05, 3.63) is 66.5 Å². The van der Waals surface area contributed by atoms with E-state index in [2.05, 4.69) is 68.6 Å². The molecular formula is C27H33N5O2. The number of nitrogens with zero attached hydrogens (tertiary/aromatic N) is 3. The van der Waals surface area contributed by atoms with Gasteiger partial charge in [0.2, 0.25) is 5.91 Å². The normalized spacial score (nSPS) is 11.4. The van der Waals surface area contributed by atoms with E-state index in [4.69, 9.17) is 0 Å². The summed E-state index contributed by atoms with van der Waals surface area (Å²) in [5.41, 5.74) is 3.55. The van der Waals surface area contributed by atoms with Gasteiger partial charge < -0.3 is 24.7 Å². The lowest BCUT2D eigenvalue weighted by Crippen LogP contribution is -2.28. The van der Waals surface area contributed by atoms with Gasteiger partial charge in [0.05, 0.1) is 5.69 Å². The Morgan fingerprint density at radius 3 is 2.24 bits per heavy atom. The number of hydrogen-bond acceptors (Lipinski definition) is 3. The van der Waals surface area contributed by atoms with Crippen molar-refractivity contribution in [2.24, 2.45) is 7.05 Å². The van der Waals surface area contributed by atoms with E-state index in [1.54, 1.807) is 16.8 Å². The Labute approximate surface area is 200 Å². The molecule has 0 atom stereocenters. The maximum absolute atomic E-state index is 12.6. The monoisotopic (exact) mass is 459 g/mol. The number of para-hydroxylation sites is 2. The molecule has 0 saturated carbocycles. The maximum atomic E-state index is 12.6. The van der Waals surface area contributed by atoms with Crippen LogP contribution in [0.5, 0.6) is 0 Å². The summed E-state index contributed by atoms with van der Waals surface area (Å²) in [5.74, 6) is -0.183. The Bertz CT molecular complexity index is 1250. The zero-order valence-electron chi connectivity index (χ0n) is 20.2. The summed E-state index contributed by atoms with van der Waals surface area (Å²) < 4.78 is 4.04. The van der Waals surface area contributed by atoms with E-state index in [-0.39, 0.29) is 11.8 Å². The first-order chi connectivity index (χ1) is 16.4. The molecule has 0 spiro atoms. The van der Waals surface area contributed by atoms with E-state index < -0.39 is 0 Å². The first-order valence-corrected chi connectivity index (χ1v) is 11.8. The number of anilines is 1. The molecule has 0 saturated heterocycles. The number of benzene rings is 2. The van der Waals surface area contributed by atoms with E-state index in [0.717, 1.165) is 25.9 Å². The molecule has 0 unspecified atom stereocenters. The summed E-state index contributed by atoms with van der Waals surface area (Å²) in [7, 11) is 5.83. The highest BCUT2D eigenvalue weighted by Crippen LogP contribution is 2.29. The zero-order valence-corrected chi connectivity index (χ0v) is 20.2. The highest BCUT2D eigenvalue weighted by molar-refractivity contribution is 6.08. The van der Waals surface area contributed by atoms with Crippen molar-refractivity contribution in [2.45, 2.75) is 25.8 Å². The zero-order chi connectivity index (χ0) is 24.1. The van der Waals surface area contributed by atoms with Crippen LogP contribution in [0.25, 0.3) is 21.8 Å².